The molecule has 2 aromatic heterocycles. The maximum atomic E-state index is 10.1. The van der Waals surface area contributed by atoms with Crippen LogP contribution in [0.5, 0.6) is 5.75 Å². The van der Waals surface area contributed by atoms with Crippen molar-refractivity contribution in [3.8, 4) is 11.4 Å². The Bertz CT molecular complexity index is 845. The number of aliphatic hydroxyl groups excluding tert-OH is 1. The van der Waals surface area contributed by atoms with Gasteiger partial charge in [0, 0.05) is 23.5 Å². The molecule has 0 unspecified atom stereocenters. The van der Waals surface area contributed by atoms with Gasteiger partial charge in [-0.1, -0.05) is 6.07 Å². The number of hydrogen-bond donors (Lipinski definition) is 2. The fourth-order valence-electron chi connectivity index (χ4n) is 2.06. The summed E-state index contributed by atoms with van der Waals surface area (Å²) in [5, 5.41) is 30.5. The van der Waals surface area contributed by atoms with Gasteiger partial charge in [-0.25, -0.2) is 4.68 Å². The molecule has 0 bridgehead atoms. The smallest absolute Gasteiger partial charge is 0.145 e. The molecule has 23 heavy (non-hydrogen) atoms. The Labute approximate surface area is 131 Å². The highest BCUT2D eigenvalue weighted by Gasteiger charge is 2.09. The molecule has 0 amide bonds. The Morgan fingerprint density at radius 3 is 2.96 bits per heavy atom. The Kier molecular flexibility index (Phi) is 4.07. The first-order chi connectivity index (χ1) is 11.2. The third kappa shape index (κ3) is 3.06. The molecule has 0 radical (unpaired) electrons. The fourth-order valence-corrected chi connectivity index (χ4v) is 2.06. The number of aryl methyl sites for hydroxylation is 1. The van der Waals surface area contributed by atoms with E-state index in [9.17, 15) is 10.2 Å². The van der Waals surface area contributed by atoms with Gasteiger partial charge in [0.05, 0.1) is 23.7 Å². The van der Waals surface area contributed by atoms with Crippen molar-refractivity contribution >= 4 is 11.9 Å². The zero-order valence-electron chi connectivity index (χ0n) is 12.3. The van der Waals surface area contributed by atoms with Crippen LogP contribution in [0.15, 0.2) is 41.8 Å². The average molecular weight is 310 g/mol. The molecule has 3 rings (SSSR count). The summed E-state index contributed by atoms with van der Waals surface area (Å²) in [5.74, 6) is 0.0110. The zero-order valence-corrected chi connectivity index (χ0v) is 12.3. The van der Waals surface area contributed by atoms with Gasteiger partial charge in [-0.3, -0.25) is 9.98 Å². The lowest BCUT2D eigenvalue weighted by atomic mass is 10.1. The molecule has 8 nitrogen and oxygen atoms in total. The first-order valence-corrected chi connectivity index (χ1v) is 6.85. The molecule has 0 saturated heterocycles. The minimum Gasteiger partial charge on any atom is -0.505 e. The van der Waals surface area contributed by atoms with E-state index in [1.54, 1.807) is 13.0 Å². The van der Waals surface area contributed by atoms with Crippen LogP contribution in [-0.2, 0) is 6.61 Å². The van der Waals surface area contributed by atoms with E-state index in [1.807, 2.05) is 18.2 Å². The summed E-state index contributed by atoms with van der Waals surface area (Å²) in [5.41, 5.74) is 2.87. The molecule has 1 aromatic carbocycles. The maximum absolute atomic E-state index is 10.1. The van der Waals surface area contributed by atoms with Crippen molar-refractivity contribution in [2.45, 2.75) is 13.5 Å². The molecule has 0 saturated carbocycles. The molecule has 3 aromatic rings. The summed E-state index contributed by atoms with van der Waals surface area (Å²) in [7, 11) is 0. The summed E-state index contributed by atoms with van der Waals surface area (Å²) >= 11 is 0. The van der Waals surface area contributed by atoms with Crippen LogP contribution in [0.2, 0.25) is 0 Å². The van der Waals surface area contributed by atoms with Crippen LogP contribution in [0.4, 0.5) is 5.69 Å². The second-order valence-electron chi connectivity index (χ2n) is 4.82. The van der Waals surface area contributed by atoms with Crippen LogP contribution >= 0.6 is 0 Å². The summed E-state index contributed by atoms with van der Waals surface area (Å²) in [4.78, 5) is 8.37. The van der Waals surface area contributed by atoms with Crippen LogP contribution in [-0.4, -0.2) is 41.6 Å². The van der Waals surface area contributed by atoms with Crippen LogP contribution in [0.1, 0.15) is 16.8 Å². The molecule has 0 aliphatic carbocycles. The predicted molar refractivity (Wildman–Crippen MR) is 83.0 cm³/mol. The molecule has 0 fully saturated rings. The number of aliphatic hydroxyl groups is 1. The highest BCUT2D eigenvalue weighted by atomic mass is 16.3. The van der Waals surface area contributed by atoms with E-state index in [2.05, 4.69) is 25.5 Å². The number of aromatic hydroxyl groups is 1. The Hall–Kier alpha value is -3.13. The molecule has 0 aliphatic heterocycles. The number of aromatic nitrogens is 5. The van der Waals surface area contributed by atoms with Gasteiger partial charge in [0.15, 0.2) is 0 Å². The number of pyridine rings is 1. The largest absolute Gasteiger partial charge is 0.505 e. The zero-order chi connectivity index (χ0) is 16.2. The number of nitrogens with zero attached hydrogens (tertiary/aromatic N) is 6. The lowest BCUT2D eigenvalue weighted by Gasteiger charge is -2.07. The van der Waals surface area contributed by atoms with Crippen molar-refractivity contribution in [1.82, 2.24) is 25.2 Å². The van der Waals surface area contributed by atoms with Crippen molar-refractivity contribution in [2.75, 3.05) is 0 Å². The highest BCUT2D eigenvalue weighted by Crippen LogP contribution is 2.23. The van der Waals surface area contributed by atoms with Crippen molar-refractivity contribution in [2.24, 2.45) is 4.99 Å². The molecule has 0 aliphatic rings. The minimum atomic E-state index is -0.229. The van der Waals surface area contributed by atoms with Gasteiger partial charge in [-0.2, -0.15) is 0 Å². The molecule has 0 spiro atoms. The third-order valence-corrected chi connectivity index (χ3v) is 3.31. The number of benzene rings is 1. The van der Waals surface area contributed by atoms with E-state index in [0.29, 0.717) is 22.5 Å². The Balaban J connectivity index is 1.95. The van der Waals surface area contributed by atoms with Gasteiger partial charge in [0.25, 0.3) is 0 Å². The highest BCUT2D eigenvalue weighted by molar-refractivity contribution is 5.87. The lowest BCUT2D eigenvalue weighted by molar-refractivity contribution is 0.280. The minimum absolute atomic E-state index is 0.0110. The first kappa shape index (κ1) is 14.8. The van der Waals surface area contributed by atoms with Gasteiger partial charge in [-0.15, -0.1) is 5.10 Å². The van der Waals surface area contributed by atoms with Gasteiger partial charge in [-0.05, 0) is 35.5 Å². The van der Waals surface area contributed by atoms with E-state index in [4.69, 9.17) is 0 Å². The summed E-state index contributed by atoms with van der Waals surface area (Å²) < 4.78 is 1.52. The van der Waals surface area contributed by atoms with Gasteiger partial charge < -0.3 is 10.2 Å². The third-order valence-electron chi connectivity index (χ3n) is 3.31. The topological polar surface area (TPSA) is 109 Å². The van der Waals surface area contributed by atoms with E-state index in [1.165, 1.54) is 23.4 Å². The van der Waals surface area contributed by atoms with Crippen molar-refractivity contribution in [3.05, 3.63) is 53.6 Å². The summed E-state index contributed by atoms with van der Waals surface area (Å²) in [6.45, 7) is 1.46. The molecule has 2 heterocycles. The Morgan fingerprint density at radius 2 is 2.22 bits per heavy atom. The van der Waals surface area contributed by atoms with Gasteiger partial charge in [0.2, 0.25) is 0 Å². The first-order valence-electron chi connectivity index (χ1n) is 6.85. The van der Waals surface area contributed by atoms with Gasteiger partial charge >= 0.3 is 0 Å². The lowest BCUT2D eigenvalue weighted by Crippen LogP contribution is -1.98. The summed E-state index contributed by atoms with van der Waals surface area (Å²) in [6.07, 6.45) is 4.52. The second kappa shape index (κ2) is 6.32. The van der Waals surface area contributed by atoms with Crippen LogP contribution in [0.3, 0.4) is 0 Å². The number of rotatable bonds is 4. The maximum Gasteiger partial charge on any atom is 0.145 e. The molecule has 116 valence electrons. The predicted octanol–water partition coefficient (Wildman–Crippen LogP) is 1.31. The number of hydrogen-bond acceptors (Lipinski definition) is 7. The SMILES string of the molecule is Cc1ncc(CO)c(C=Nc2cccc(-n3cnnn3)c2)c1O. The second-order valence-corrected chi connectivity index (χ2v) is 4.82. The quantitative estimate of drug-likeness (QED) is 0.703. The summed E-state index contributed by atoms with van der Waals surface area (Å²) in [6, 6.07) is 7.29. The van der Waals surface area contributed by atoms with Crippen molar-refractivity contribution < 1.29 is 10.2 Å². The Morgan fingerprint density at radius 1 is 1.35 bits per heavy atom. The molecule has 0 atom stereocenters. The van der Waals surface area contributed by atoms with E-state index >= 15 is 0 Å². The number of tetrazole rings is 1. The monoisotopic (exact) mass is 310 g/mol. The van der Waals surface area contributed by atoms with Crippen LogP contribution in [0.25, 0.3) is 5.69 Å². The van der Waals surface area contributed by atoms with Crippen LogP contribution < -0.4 is 0 Å². The van der Waals surface area contributed by atoms with E-state index in [0.717, 1.165) is 5.69 Å². The number of aliphatic imine (C=N–C) groups is 1. The van der Waals surface area contributed by atoms with Crippen LogP contribution in [0, 0.1) is 6.92 Å². The van der Waals surface area contributed by atoms with E-state index in [-0.39, 0.29) is 12.4 Å². The fraction of sp³-hybridized carbons (Fsp3) is 0.133. The molecule has 2 N–H and O–H groups in total. The molecular formula is C15H14N6O2. The standard InChI is InChI=1S/C15H14N6O2/c1-10-15(23)14(11(8-22)6-16-10)7-17-12-3-2-4-13(5-12)21-9-18-19-20-21/h2-7,9,22-23H,8H2,1H3. The van der Waals surface area contributed by atoms with E-state index < -0.39 is 0 Å². The molecular weight excluding hydrogens is 296 g/mol. The van der Waals surface area contributed by atoms with Crippen molar-refractivity contribution in [3.63, 3.8) is 0 Å². The molecule has 8 heteroatoms. The van der Waals surface area contributed by atoms with Gasteiger partial charge in [0.1, 0.15) is 12.1 Å². The average Bonchev–Trinajstić information content (AvgIpc) is 3.11. The van der Waals surface area contributed by atoms with Crippen molar-refractivity contribution in [1.29, 1.82) is 0 Å². The normalized spacial score (nSPS) is 11.2.